The molecule has 3 heterocycles. The number of oxime groups is 1. The molecule has 12 nitrogen and oxygen atoms in total. The maximum atomic E-state index is 13.1. The second kappa shape index (κ2) is 14.7. The molecule has 48 heavy (non-hydrogen) atoms. The average Bonchev–Trinajstić information content (AvgIpc) is 3.79. The minimum absolute atomic E-state index is 0.0163. The van der Waals surface area contributed by atoms with Gasteiger partial charge in [0.05, 0.1) is 71.8 Å². The third-order valence-electron chi connectivity index (χ3n) is 8.74. The van der Waals surface area contributed by atoms with Crippen molar-refractivity contribution in [3.05, 3.63) is 59.2 Å². The van der Waals surface area contributed by atoms with Crippen molar-refractivity contribution < 1.29 is 42.8 Å². The number of nitrogens with zero attached hydrogens (tertiary/aromatic N) is 3. The lowest BCUT2D eigenvalue weighted by Crippen LogP contribution is -2.35. The van der Waals surface area contributed by atoms with E-state index >= 15 is 0 Å². The fourth-order valence-corrected chi connectivity index (χ4v) is 6.17. The molecular weight excluding hydrogens is 618 g/mol. The highest BCUT2D eigenvalue weighted by Crippen LogP contribution is 2.43. The summed E-state index contributed by atoms with van der Waals surface area (Å²) in [5, 5.41) is 4.38. The van der Waals surface area contributed by atoms with E-state index in [0.29, 0.717) is 71.1 Å². The van der Waals surface area contributed by atoms with Crippen LogP contribution in [0.25, 0.3) is 0 Å². The first-order valence-electron chi connectivity index (χ1n) is 16.0. The lowest BCUT2D eigenvalue weighted by Gasteiger charge is -2.20. The summed E-state index contributed by atoms with van der Waals surface area (Å²) in [6.45, 7) is 1.64. The minimum atomic E-state index is -0.317. The number of unbranched alkanes of at least 4 members (excludes halogenated alkanes) is 1. The summed E-state index contributed by atoms with van der Waals surface area (Å²) in [6.07, 6.45) is 5.49. The van der Waals surface area contributed by atoms with Crippen LogP contribution >= 0.6 is 0 Å². The largest absolute Gasteiger partial charge is 0.493 e. The van der Waals surface area contributed by atoms with Crippen LogP contribution in [-0.2, 0) is 4.84 Å². The number of hydrogen-bond acceptors (Lipinski definition) is 11. The summed E-state index contributed by atoms with van der Waals surface area (Å²) in [4.78, 5) is 25.4. The smallest absolute Gasteiger partial charge is 0.256 e. The van der Waals surface area contributed by atoms with E-state index in [-0.39, 0.29) is 18.1 Å². The Morgan fingerprint density at radius 2 is 1.48 bits per heavy atom. The number of aliphatic imine (C=N–C) groups is 1. The topological polar surface area (TPSA) is 119 Å². The van der Waals surface area contributed by atoms with E-state index < -0.39 is 0 Å². The van der Waals surface area contributed by atoms with Gasteiger partial charge < -0.3 is 42.9 Å². The van der Waals surface area contributed by atoms with Crippen molar-refractivity contribution in [2.45, 2.75) is 44.2 Å². The molecule has 12 heteroatoms. The van der Waals surface area contributed by atoms with Gasteiger partial charge in [-0.05, 0) is 62.1 Å². The number of carbonyl (C=O) groups excluding carboxylic acids is 1. The fraction of sp³-hybridized carbons (Fsp3) is 0.417. The number of benzene rings is 3. The molecule has 0 N–H and O–H groups in total. The maximum absolute atomic E-state index is 13.1. The molecule has 1 amide bonds. The number of carbonyl (C=O) groups is 1. The van der Waals surface area contributed by atoms with Crippen molar-refractivity contribution in [2.75, 3.05) is 55.3 Å². The Labute approximate surface area is 280 Å². The first-order valence-corrected chi connectivity index (χ1v) is 16.0. The molecule has 1 fully saturated rings. The normalized spacial score (nSPS) is 17.9. The number of fused-ring (bicyclic) bond motifs is 2. The number of rotatable bonds is 14. The molecule has 3 aromatic carbocycles. The van der Waals surface area contributed by atoms with Crippen LogP contribution < -0.4 is 33.2 Å². The lowest BCUT2D eigenvalue weighted by molar-refractivity contribution is 0.0774. The lowest BCUT2D eigenvalue weighted by atomic mass is 9.99. The van der Waals surface area contributed by atoms with Gasteiger partial charge in [0.15, 0.2) is 40.6 Å². The van der Waals surface area contributed by atoms with Crippen molar-refractivity contribution in [1.29, 1.82) is 0 Å². The summed E-state index contributed by atoms with van der Waals surface area (Å²) >= 11 is 0. The van der Waals surface area contributed by atoms with Gasteiger partial charge >= 0.3 is 0 Å². The second-order valence-electron chi connectivity index (χ2n) is 11.6. The highest BCUT2D eigenvalue weighted by molar-refractivity contribution is 6.03. The van der Waals surface area contributed by atoms with Crippen molar-refractivity contribution in [3.8, 4) is 40.2 Å². The highest BCUT2D eigenvalue weighted by atomic mass is 16.6. The molecule has 3 aromatic rings. The molecule has 0 spiro atoms. The molecule has 0 aromatic heterocycles. The van der Waals surface area contributed by atoms with Gasteiger partial charge in [0.25, 0.3) is 5.91 Å². The number of methoxy groups -OCH3 is 5. The highest BCUT2D eigenvalue weighted by Gasteiger charge is 2.33. The van der Waals surface area contributed by atoms with Gasteiger partial charge in [0.1, 0.15) is 0 Å². The number of hydrogen-bond donors (Lipinski definition) is 0. The number of ether oxygens (including phenoxy) is 7. The molecule has 2 atom stereocenters. The standard InChI is InChI=1S/C36H41N3O9/c1-41-28-11-10-22(26-19-29(48-38-26)23-16-33(43-3)35(45-5)34(17-23)44-4)15-31(28)46-13-6-7-14-47-32-20-27-25(18-30(32)42-2)36(40)39-12-8-9-24(39)21-37-27/h10-11,15-18,20-21,24,29H,6-9,12-14,19H2,1-5H3/t24-,29?/m0/s1. The van der Waals surface area contributed by atoms with Crippen molar-refractivity contribution in [1.82, 2.24) is 4.90 Å². The van der Waals surface area contributed by atoms with Crippen LogP contribution in [-0.4, -0.2) is 84.1 Å². The van der Waals surface area contributed by atoms with Crippen molar-refractivity contribution in [2.24, 2.45) is 10.1 Å². The van der Waals surface area contributed by atoms with Crippen LogP contribution in [0, 0.1) is 0 Å². The van der Waals surface area contributed by atoms with Gasteiger partial charge in [-0.25, -0.2) is 0 Å². The second-order valence-corrected chi connectivity index (χ2v) is 11.6. The Kier molecular flexibility index (Phi) is 10.1. The quantitative estimate of drug-likeness (QED) is 0.188. The predicted molar refractivity (Wildman–Crippen MR) is 180 cm³/mol. The zero-order chi connectivity index (χ0) is 33.6. The van der Waals surface area contributed by atoms with E-state index in [1.165, 1.54) is 0 Å². The van der Waals surface area contributed by atoms with E-state index in [1.807, 2.05) is 41.4 Å². The SMILES string of the molecule is COc1ccc(C2=NOC(c3cc(OC)c(OC)c(OC)c3)C2)cc1OCCCCOc1cc2c(cc1OC)C(=O)N1CCC[C@H]1C=N2. The zero-order valence-electron chi connectivity index (χ0n) is 27.9. The third kappa shape index (κ3) is 6.65. The molecular formula is C36H41N3O9. The summed E-state index contributed by atoms with van der Waals surface area (Å²) < 4.78 is 39.8. The van der Waals surface area contributed by atoms with Crippen molar-refractivity contribution in [3.63, 3.8) is 0 Å². The summed E-state index contributed by atoms with van der Waals surface area (Å²) in [5.41, 5.74) is 3.67. The van der Waals surface area contributed by atoms with Gasteiger partial charge in [-0.2, -0.15) is 0 Å². The average molecular weight is 660 g/mol. The number of amides is 1. The molecule has 0 radical (unpaired) electrons. The Morgan fingerprint density at radius 1 is 0.792 bits per heavy atom. The van der Waals surface area contributed by atoms with Gasteiger partial charge in [0.2, 0.25) is 5.75 Å². The predicted octanol–water partition coefficient (Wildman–Crippen LogP) is 6.15. The van der Waals surface area contributed by atoms with Crippen LogP contribution in [0.2, 0.25) is 0 Å². The summed E-state index contributed by atoms with van der Waals surface area (Å²) in [6, 6.07) is 13.0. The zero-order valence-corrected chi connectivity index (χ0v) is 27.9. The third-order valence-corrected chi connectivity index (χ3v) is 8.74. The molecule has 3 aliphatic heterocycles. The van der Waals surface area contributed by atoms with E-state index in [4.69, 9.17) is 38.0 Å². The molecule has 0 saturated carbocycles. The van der Waals surface area contributed by atoms with E-state index in [0.717, 1.165) is 49.1 Å². The fourth-order valence-electron chi connectivity index (χ4n) is 6.17. The Bertz CT molecular complexity index is 1680. The molecule has 254 valence electrons. The van der Waals surface area contributed by atoms with Crippen LogP contribution in [0.4, 0.5) is 5.69 Å². The molecule has 1 saturated heterocycles. The molecule has 3 aliphatic rings. The summed E-state index contributed by atoms with van der Waals surface area (Å²) in [7, 11) is 7.92. The van der Waals surface area contributed by atoms with Gasteiger partial charge in [-0.15, -0.1) is 0 Å². The Hall–Kier alpha value is -5.13. The van der Waals surface area contributed by atoms with Crippen LogP contribution in [0.3, 0.4) is 0 Å². The van der Waals surface area contributed by atoms with Gasteiger partial charge in [0, 0.05) is 36.4 Å². The van der Waals surface area contributed by atoms with E-state index in [2.05, 4.69) is 10.1 Å². The van der Waals surface area contributed by atoms with Gasteiger partial charge in [-0.1, -0.05) is 5.16 Å². The van der Waals surface area contributed by atoms with Crippen LogP contribution in [0.1, 0.15) is 59.7 Å². The van der Waals surface area contributed by atoms with Gasteiger partial charge in [-0.3, -0.25) is 9.79 Å². The monoisotopic (exact) mass is 659 g/mol. The van der Waals surface area contributed by atoms with Crippen LogP contribution in [0.5, 0.6) is 40.2 Å². The summed E-state index contributed by atoms with van der Waals surface area (Å²) in [5.74, 6) is 3.92. The Balaban J connectivity index is 1.04. The first-order chi connectivity index (χ1) is 23.5. The molecule has 0 bridgehead atoms. The minimum Gasteiger partial charge on any atom is -0.493 e. The first kappa shape index (κ1) is 32.8. The Morgan fingerprint density at radius 3 is 2.15 bits per heavy atom. The molecule has 1 unspecified atom stereocenters. The molecule has 0 aliphatic carbocycles. The van der Waals surface area contributed by atoms with E-state index in [9.17, 15) is 4.79 Å². The maximum Gasteiger partial charge on any atom is 0.256 e. The van der Waals surface area contributed by atoms with Crippen molar-refractivity contribution >= 4 is 23.5 Å². The molecule has 6 rings (SSSR count). The van der Waals surface area contributed by atoms with E-state index in [1.54, 1.807) is 47.7 Å². The van der Waals surface area contributed by atoms with Crippen LogP contribution in [0.15, 0.2) is 52.6 Å².